The Morgan fingerprint density at radius 2 is 1.45 bits per heavy atom. The summed E-state index contributed by atoms with van der Waals surface area (Å²) in [6.45, 7) is 4.67. The van der Waals surface area contributed by atoms with Crippen LogP contribution in [0.2, 0.25) is 0 Å². The van der Waals surface area contributed by atoms with Crippen molar-refractivity contribution in [1.29, 1.82) is 0 Å². The number of aryl methyl sites for hydroxylation is 2. The topological polar surface area (TPSA) is 38.1 Å². The molecule has 2 aromatic carbocycles. The number of hydrogen-bond donors (Lipinski definition) is 1. The second-order valence-corrected chi connectivity index (χ2v) is 5.44. The van der Waals surface area contributed by atoms with Gasteiger partial charge in [0.1, 0.15) is 5.76 Å². The summed E-state index contributed by atoms with van der Waals surface area (Å²) in [6.07, 6.45) is 0. The van der Waals surface area contributed by atoms with Crippen LogP contribution in [0.4, 0.5) is 0 Å². The Morgan fingerprint density at radius 1 is 0.909 bits per heavy atom. The highest BCUT2D eigenvalue weighted by Gasteiger charge is 2.15. The molecule has 0 amide bonds. The Balaban J connectivity index is 1.87. The van der Waals surface area contributed by atoms with Crippen LogP contribution >= 0.6 is 0 Å². The van der Waals surface area contributed by atoms with Gasteiger partial charge in [0.25, 0.3) is 0 Å². The van der Waals surface area contributed by atoms with E-state index in [0.29, 0.717) is 0 Å². The summed E-state index contributed by atoms with van der Waals surface area (Å²) in [5.41, 5.74) is 4.59. The highest BCUT2D eigenvalue weighted by atomic mass is 16.5. The van der Waals surface area contributed by atoms with Crippen molar-refractivity contribution in [2.45, 2.75) is 26.4 Å². The Bertz CT molecular complexity index is 661. The SMILES string of the molecule is Cc1noc(C)c1CNC(c1ccccc1)c1ccccc1. The molecular formula is C19H20N2O. The van der Waals surface area contributed by atoms with Crippen LogP contribution in [-0.2, 0) is 6.54 Å². The van der Waals surface area contributed by atoms with Gasteiger partial charge in [0.05, 0.1) is 11.7 Å². The molecule has 0 aliphatic carbocycles. The van der Waals surface area contributed by atoms with E-state index in [0.717, 1.165) is 23.6 Å². The summed E-state index contributed by atoms with van der Waals surface area (Å²) in [5, 5.41) is 7.66. The lowest BCUT2D eigenvalue weighted by atomic mass is 9.98. The molecule has 3 aromatic rings. The number of aromatic nitrogens is 1. The molecule has 3 rings (SSSR count). The van der Waals surface area contributed by atoms with Crippen LogP contribution in [-0.4, -0.2) is 5.16 Å². The molecule has 1 heterocycles. The molecular weight excluding hydrogens is 272 g/mol. The molecule has 0 aliphatic rings. The van der Waals surface area contributed by atoms with Crippen molar-refractivity contribution in [2.75, 3.05) is 0 Å². The zero-order valence-corrected chi connectivity index (χ0v) is 12.9. The Morgan fingerprint density at radius 3 is 1.91 bits per heavy atom. The highest BCUT2D eigenvalue weighted by Crippen LogP contribution is 2.23. The van der Waals surface area contributed by atoms with Gasteiger partial charge in [-0.3, -0.25) is 0 Å². The first-order chi connectivity index (χ1) is 10.8. The largest absolute Gasteiger partial charge is 0.361 e. The van der Waals surface area contributed by atoms with Crippen LogP contribution in [0.15, 0.2) is 65.2 Å². The number of benzene rings is 2. The van der Waals surface area contributed by atoms with E-state index >= 15 is 0 Å². The summed E-state index contributed by atoms with van der Waals surface area (Å²) in [6, 6.07) is 21.1. The van der Waals surface area contributed by atoms with Crippen molar-refractivity contribution in [3.05, 3.63) is 88.8 Å². The summed E-state index contributed by atoms with van der Waals surface area (Å²) in [7, 11) is 0. The van der Waals surface area contributed by atoms with E-state index in [1.807, 2.05) is 26.0 Å². The Kier molecular flexibility index (Phi) is 4.35. The van der Waals surface area contributed by atoms with Crippen LogP contribution in [0.25, 0.3) is 0 Å². The average molecular weight is 292 g/mol. The van der Waals surface area contributed by atoms with Crippen molar-refractivity contribution in [3.63, 3.8) is 0 Å². The van der Waals surface area contributed by atoms with E-state index in [-0.39, 0.29) is 6.04 Å². The van der Waals surface area contributed by atoms with Gasteiger partial charge in [-0.05, 0) is 25.0 Å². The molecule has 0 bridgehead atoms. The highest BCUT2D eigenvalue weighted by molar-refractivity contribution is 5.32. The molecule has 0 atom stereocenters. The number of rotatable bonds is 5. The van der Waals surface area contributed by atoms with E-state index in [1.54, 1.807) is 0 Å². The minimum Gasteiger partial charge on any atom is -0.361 e. The van der Waals surface area contributed by atoms with Crippen molar-refractivity contribution >= 4 is 0 Å². The molecule has 0 saturated carbocycles. The first-order valence-electron chi connectivity index (χ1n) is 7.50. The van der Waals surface area contributed by atoms with Gasteiger partial charge in [0.2, 0.25) is 0 Å². The lowest BCUT2D eigenvalue weighted by molar-refractivity contribution is 0.391. The summed E-state index contributed by atoms with van der Waals surface area (Å²) in [5.74, 6) is 0.880. The molecule has 1 N–H and O–H groups in total. The maximum absolute atomic E-state index is 5.25. The molecule has 0 saturated heterocycles. The third-order valence-electron chi connectivity index (χ3n) is 3.93. The zero-order valence-electron chi connectivity index (χ0n) is 12.9. The van der Waals surface area contributed by atoms with Gasteiger partial charge in [-0.15, -0.1) is 0 Å². The predicted molar refractivity (Wildman–Crippen MR) is 87.5 cm³/mol. The van der Waals surface area contributed by atoms with Gasteiger partial charge in [0, 0.05) is 12.1 Å². The first-order valence-corrected chi connectivity index (χ1v) is 7.50. The molecule has 112 valence electrons. The maximum Gasteiger partial charge on any atom is 0.138 e. The molecule has 22 heavy (non-hydrogen) atoms. The van der Waals surface area contributed by atoms with Crippen LogP contribution in [0.1, 0.15) is 34.2 Å². The molecule has 1 aromatic heterocycles. The quantitative estimate of drug-likeness (QED) is 0.767. The minimum atomic E-state index is 0.149. The van der Waals surface area contributed by atoms with Crippen molar-refractivity contribution in [3.8, 4) is 0 Å². The molecule has 0 fully saturated rings. The van der Waals surface area contributed by atoms with Gasteiger partial charge in [-0.25, -0.2) is 0 Å². The van der Waals surface area contributed by atoms with E-state index < -0.39 is 0 Å². The van der Waals surface area contributed by atoms with E-state index in [9.17, 15) is 0 Å². The Hall–Kier alpha value is -2.39. The molecule has 0 unspecified atom stereocenters. The molecule has 3 heteroatoms. The first kappa shape index (κ1) is 14.5. The number of nitrogens with one attached hydrogen (secondary N) is 1. The van der Waals surface area contributed by atoms with E-state index in [4.69, 9.17) is 4.52 Å². The number of nitrogens with zero attached hydrogens (tertiary/aromatic N) is 1. The Labute approximate surface area is 131 Å². The predicted octanol–water partition coefficient (Wildman–Crippen LogP) is 4.17. The van der Waals surface area contributed by atoms with Crippen molar-refractivity contribution in [1.82, 2.24) is 10.5 Å². The summed E-state index contributed by atoms with van der Waals surface area (Å²) in [4.78, 5) is 0. The zero-order chi connectivity index (χ0) is 15.4. The molecule has 3 nitrogen and oxygen atoms in total. The van der Waals surface area contributed by atoms with Crippen molar-refractivity contribution < 1.29 is 4.52 Å². The normalized spacial score (nSPS) is 11.0. The summed E-state index contributed by atoms with van der Waals surface area (Å²) < 4.78 is 5.25. The second-order valence-electron chi connectivity index (χ2n) is 5.44. The lowest BCUT2D eigenvalue weighted by Crippen LogP contribution is -2.22. The monoisotopic (exact) mass is 292 g/mol. The van der Waals surface area contributed by atoms with Gasteiger partial charge < -0.3 is 9.84 Å². The fourth-order valence-electron chi connectivity index (χ4n) is 2.68. The fourth-order valence-corrected chi connectivity index (χ4v) is 2.68. The van der Waals surface area contributed by atoms with Crippen LogP contribution < -0.4 is 5.32 Å². The van der Waals surface area contributed by atoms with Gasteiger partial charge in [-0.2, -0.15) is 0 Å². The molecule has 0 radical (unpaired) electrons. The van der Waals surface area contributed by atoms with E-state index in [2.05, 4.69) is 59.0 Å². The lowest BCUT2D eigenvalue weighted by Gasteiger charge is -2.20. The fraction of sp³-hybridized carbons (Fsp3) is 0.211. The smallest absolute Gasteiger partial charge is 0.138 e. The van der Waals surface area contributed by atoms with Crippen molar-refractivity contribution in [2.24, 2.45) is 0 Å². The maximum atomic E-state index is 5.25. The third kappa shape index (κ3) is 3.10. The van der Waals surface area contributed by atoms with E-state index in [1.165, 1.54) is 11.1 Å². The minimum absolute atomic E-state index is 0.149. The molecule has 0 aliphatic heterocycles. The standard InChI is InChI=1S/C19H20N2O/c1-14-18(15(2)22-21-14)13-20-19(16-9-5-3-6-10-16)17-11-7-4-8-12-17/h3-12,19-20H,13H2,1-2H3. The van der Waals surface area contributed by atoms with Gasteiger partial charge in [-0.1, -0.05) is 65.8 Å². The van der Waals surface area contributed by atoms with Crippen LogP contribution in [0.5, 0.6) is 0 Å². The van der Waals surface area contributed by atoms with Crippen LogP contribution in [0, 0.1) is 13.8 Å². The second kappa shape index (κ2) is 6.58. The van der Waals surface area contributed by atoms with Crippen LogP contribution in [0.3, 0.4) is 0 Å². The van der Waals surface area contributed by atoms with Gasteiger partial charge >= 0.3 is 0 Å². The van der Waals surface area contributed by atoms with Gasteiger partial charge in [0.15, 0.2) is 0 Å². The summed E-state index contributed by atoms with van der Waals surface area (Å²) >= 11 is 0. The third-order valence-corrected chi connectivity index (χ3v) is 3.93. The number of hydrogen-bond acceptors (Lipinski definition) is 3. The molecule has 0 spiro atoms. The average Bonchev–Trinajstić information content (AvgIpc) is 2.89.